The largest absolute Gasteiger partial charge is 0.497 e. The van der Waals surface area contributed by atoms with Crippen molar-refractivity contribution >= 4 is 0 Å². The van der Waals surface area contributed by atoms with Crippen LogP contribution < -0.4 is 15.2 Å². The predicted molar refractivity (Wildman–Crippen MR) is 77.7 cm³/mol. The van der Waals surface area contributed by atoms with Gasteiger partial charge in [-0.2, -0.15) is 0 Å². The summed E-state index contributed by atoms with van der Waals surface area (Å²) in [6.07, 6.45) is 4.33. The number of rotatable bonds is 3. The summed E-state index contributed by atoms with van der Waals surface area (Å²) in [6.45, 7) is 4.64. The van der Waals surface area contributed by atoms with E-state index in [2.05, 4.69) is 13.8 Å². The summed E-state index contributed by atoms with van der Waals surface area (Å²) >= 11 is 0. The number of ether oxygens (including phenoxy) is 2. The molecule has 0 unspecified atom stereocenters. The Morgan fingerprint density at radius 2 is 1.37 bits per heavy atom. The van der Waals surface area contributed by atoms with Crippen LogP contribution >= 0.6 is 0 Å². The summed E-state index contributed by atoms with van der Waals surface area (Å²) < 4.78 is 10.7. The molecule has 0 atom stereocenters. The number of benzene rings is 1. The summed E-state index contributed by atoms with van der Waals surface area (Å²) in [5, 5.41) is 0. The molecule has 0 bridgehead atoms. The number of methoxy groups -OCH3 is 2. The van der Waals surface area contributed by atoms with Crippen LogP contribution in [0.4, 0.5) is 0 Å². The molecule has 0 aliphatic heterocycles. The zero-order valence-electron chi connectivity index (χ0n) is 12.5. The van der Waals surface area contributed by atoms with E-state index in [0.717, 1.165) is 42.7 Å². The van der Waals surface area contributed by atoms with Gasteiger partial charge in [-0.15, -0.1) is 0 Å². The van der Waals surface area contributed by atoms with E-state index in [-0.39, 0.29) is 5.54 Å². The Morgan fingerprint density at radius 3 is 1.79 bits per heavy atom. The van der Waals surface area contributed by atoms with Gasteiger partial charge in [0.1, 0.15) is 11.5 Å². The van der Waals surface area contributed by atoms with Gasteiger partial charge < -0.3 is 15.2 Å². The Balaban J connectivity index is 2.30. The first-order valence-corrected chi connectivity index (χ1v) is 6.91. The molecule has 0 amide bonds. The normalized spacial score (nSPS) is 20.9. The van der Waals surface area contributed by atoms with Crippen LogP contribution in [-0.2, 0) is 5.54 Å². The zero-order valence-corrected chi connectivity index (χ0v) is 12.5. The van der Waals surface area contributed by atoms with Crippen molar-refractivity contribution in [3.63, 3.8) is 0 Å². The molecule has 1 aliphatic carbocycles. The molecule has 0 saturated heterocycles. The number of hydrogen-bond acceptors (Lipinski definition) is 3. The van der Waals surface area contributed by atoms with Crippen LogP contribution in [0.5, 0.6) is 11.5 Å². The third kappa shape index (κ3) is 3.03. The van der Waals surface area contributed by atoms with Gasteiger partial charge in [-0.05, 0) is 48.8 Å². The second-order valence-corrected chi connectivity index (χ2v) is 6.42. The van der Waals surface area contributed by atoms with E-state index in [1.54, 1.807) is 14.2 Å². The van der Waals surface area contributed by atoms with Crippen LogP contribution in [0, 0.1) is 5.41 Å². The summed E-state index contributed by atoms with van der Waals surface area (Å²) in [5.41, 5.74) is 7.92. The highest BCUT2D eigenvalue weighted by atomic mass is 16.5. The van der Waals surface area contributed by atoms with Gasteiger partial charge in [0, 0.05) is 11.6 Å². The Bertz CT molecular complexity index is 422. The average molecular weight is 263 g/mol. The Kier molecular flexibility index (Phi) is 3.77. The molecule has 3 nitrogen and oxygen atoms in total. The summed E-state index contributed by atoms with van der Waals surface area (Å²) in [6, 6.07) is 5.97. The zero-order chi connectivity index (χ0) is 14.1. The first-order valence-electron chi connectivity index (χ1n) is 6.91. The van der Waals surface area contributed by atoms with Crippen molar-refractivity contribution in [2.75, 3.05) is 14.2 Å². The fraction of sp³-hybridized carbons (Fsp3) is 0.625. The minimum atomic E-state index is -0.253. The minimum Gasteiger partial charge on any atom is -0.497 e. The van der Waals surface area contributed by atoms with E-state index >= 15 is 0 Å². The lowest BCUT2D eigenvalue weighted by atomic mass is 9.67. The van der Waals surface area contributed by atoms with Gasteiger partial charge in [0.05, 0.1) is 14.2 Å². The molecule has 0 spiro atoms. The van der Waals surface area contributed by atoms with Gasteiger partial charge in [-0.1, -0.05) is 13.8 Å². The molecule has 1 fully saturated rings. The highest BCUT2D eigenvalue weighted by Crippen LogP contribution is 2.44. The van der Waals surface area contributed by atoms with Crippen molar-refractivity contribution in [2.45, 2.75) is 45.1 Å². The van der Waals surface area contributed by atoms with E-state index < -0.39 is 0 Å². The monoisotopic (exact) mass is 263 g/mol. The van der Waals surface area contributed by atoms with E-state index in [4.69, 9.17) is 15.2 Å². The van der Waals surface area contributed by atoms with Gasteiger partial charge in [-0.25, -0.2) is 0 Å². The van der Waals surface area contributed by atoms with Crippen LogP contribution in [0.2, 0.25) is 0 Å². The second-order valence-electron chi connectivity index (χ2n) is 6.42. The van der Waals surface area contributed by atoms with E-state index in [1.807, 2.05) is 18.2 Å². The average Bonchev–Trinajstić information content (AvgIpc) is 2.42. The van der Waals surface area contributed by atoms with E-state index in [1.165, 1.54) is 0 Å². The quantitative estimate of drug-likeness (QED) is 0.908. The van der Waals surface area contributed by atoms with Crippen molar-refractivity contribution < 1.29 is 9.47 Å². The smallest absolute Gasteiger partial charge is 0.122 e. The molecule has 1 saturated carbocycles. The third-order valence-electron chi connectivity index (χ3n) is 4.42. The van der Waals surface area contributed by atoms with Crippen LogP contribution in [0.1, 0.15) is 45.1 Å². The number of hydrogen-bond donors (Lipinski definition) is 1. The molecule has 2 rings (SSSR count). The highest BCUT2D eigenvalue weighted by molar-refractivity contribution is 5.41. The maximum atomic E-state index is 6.64. The van der Waals surface area contributed by atoms with Crippen LogP contribution in [0.3, 0.4) is 0 Å². The van der Waals surface area contributed by atoms with Crippen LogP contribution in [0.25, 0.3) is 0 Å². The minimum absolute atomic E-state index is 0.253. The highest BCUT2D eigenvalue weighted by Gasteiger charge is 2.37. The molecule has 1 aromatic rings. The summed E-state index contributed by atoms with van der Waals surface area (Å²) in [5.74, 6) is 1.62. The van der Waals surface area contributed by atoms with E-state index in [0.29, 0.717) is 5.41 Å². The molecule has 0 aromatic heterocycles. The topological polar surface area (TPSA) is 44.5 Å². The first-order chi connectivity index (χ1) is 8.88. The van der Waals surface area contributed by atoms with Gasteiger partial charge in [0.15, 0.2) is 0 Å². The molecule has 106 valence electrons. The lowest BCUT2D eigenvalue weighted by Gasteiger charge is -2.41. The van der Waals surface area contributed by atoms with Crippen LogP contribution in [-0.4, -0.2) is 14.2 Å². The van der Waals surface area contributed by atoms with Crippen molar-refractivity contribution in [2.24, 2.45) is 11.1 Å². The number of nitrogens with two attached hydrogens (primary N) is 1. The standard InChI is InChI=1S/C16H25NO2/c1-15(2)5-7-16(17,8-6-15)12-9-13(18-3)11-14(10-12)19-4/h9-11H,5-8,17H2,1-4H3. The Hall–Kier alpha value is -1.22. The van der Waals surface area contributed by atoms with E-state index in [9.17, 15) is 0 Å². The molecule has 3 heteroatoms. The third-order valence-corrected chi connectivity index (χ3v) is 4.42. The molecular formula is C16H25NO2. The lowest BCUT2D eigenvalue weighted by molar-refractivity contribution is 0.165. The van der Waals surface area contributed by atoms with Gasteiger partial charge in [-0.3, -0.25) is 0 Å². The molecule has 1 aliphatic rings. The van der Waals surface area contributed by atoms with Gasteiger partial charge in [0.2, 0.25) is 0 Å². The van der Waals surface area contributed by atoms with Crippen molar-refractivity contribution in [3.05, 3.63) is 23.8 Å². The molecule has 0 heterocycles. The molecule has 0 radical (unpaired) electrons. The van der Waals surface area contributed by atoms with Gasteiger partial charge in [0.25, 0.3) is 0 Å². The first kappa shape index (κ1) is 14.2. The summed E-state index contributed by atoms with van der Waals surface area (Å²) in [7, 11) is 3.34. The fourth-order valence-corrected chi connectivity index (χ4v) is 2.76. The molecule has 1 aromatic carbocycles. The summed E-state index contributed by atoms with van der Waals surface area (Å²) in [4.78, 5) is 0. The maximum Gasteiger partial charge on any atom is 0.122 e. The Labute approximate surface area is 116 Å². The van der Waals surface area contributed by atoms with Crippen molar-refractivity contribution in [1.29, 1.82) is 0 Å². The Morgan fingerprint density at radius 1 is 0.895 bits per heavy atom. The van der Waals surface area contributed by atoms with Gasteiger partial charge >= 0.3 is 0 Å². The fourth-order valence-electron chi connectivity index (χ4n) is 2.76. The van der Waals surface area contributed by atoms with Crippen molar-refractivity contribution in [3.8, 4) is 11.5 Å². The molecular weight excluding hydrogens is 238 g/mol. The van der Waals surface area contributed by atoms with Crippen LogP contribution in [0.15, 0.2) is 18.2 Å². The van der Waals surface area contributed by atoms with Crippen molar-refractivity contribution in [1.82, 2.24) is 0 Å². The lowest BCUT2D eigenvalue weighted by Crippen LogP contribution is -2.42. The molecule has 2 N–H and O–H groups in total. The molecule has 19 heavy (non-hydrogen) atoms. The maximum absolute atomic E-state index is 6.64. The predicted octanol–water partition coefficient (Wildman–Crippen LogP) is 3.46. The second kappa shape index (κ2) is 5.04. The SMILES string of the molecule is COc1cc(OC)cc(C2(N)CCC(C)(C)CC2)c1.